The Balaban J connectivity index is 1.99. The van der Waals surface area contributed by atoms with E-state index >= 15 is 0 Å². The molecule has 0 radical (unpaired) electrons. The van der Waals surface area contributed by atoms with Crippen molar-refractivity contribution in [3.63, 3.8) is 0 Å². The van der Waals surface area contributed by atoms with Crippen LogP contribution in [0.4, 0.5) is 0 Å². The van der Waals surface area contributed by atoms with Crippen LogP contribution >= 0.6 is 0 Å². The molecule has 0 amide bonds. The van der Waals surface area contributed by atoms with Gasteiger partial charge in [0, 0.05) is 11.6 Å². The minimum atomic E-state index is -0.413. The van der Waals surface area contributed by atoms with Gasteiger partial charge in [0.25, 0.3) is 0 Å². The topological polar surface area (TPSA) is 65.0 Å². The van der Waals surface area contributed by atoms with E-state index in [1.165, 1.54) is 0 Å². The summed E-state index contributed by atoms with van der Waals surface area (Å²) in [6, 6.07) is 9.11. The van der Waals surface area contributed by atoms with Crippen LogP contribution in [-0.4, -0.2) is 25.1 Å². The third kappa shape index (κ3) is 3.77. The number of ketones is 1. The molecule has 1 N–H and O–H groups in total. The Morgan fingerprint density at radius 3 is 2.52 bits per heavy atom. The molecule has 142 valence electrons. The highest BCUT2D eigenvalue weighted by molar-refractivity contribution is 6.03. The quantitative estimate of drug-likeness (QED) is 0.780. The van der Waals surface area contributed by atoms with Crippen LogP contribution in [0.3, 0.4) is 0 Å². The predicted molar refractivity (Wildman–Crippen MR) is 103 cm³/mol. The smallest absolute Gasteiger partial charge is 0.174 e. The fourth-order valence-electron chi connectivity index (χ4n) is 3.18. The van der Waals surface area contributed by atoms with Crippen LogP contribution in [0, 0.1) is 0 Å². The van der Waals surface area contributed by atoms with Crippen molar-refractivity contribution < 1.29 is 24.1 Å². The van der Waals surface area contributed by atoms with Crippen molar-refractivity contribution in [2.75, 3.05) is 14.2 Å². The third-order valence-corrected chi connectivity index (χ3v) is 4.67. The molecule has 0 spiro atoms. The summed E-state index contributed by atoms with van der Waals surface area (Å²) in [5, 5.41) is 10.7. The lowest BCUT2D eigenvalue weighted by atomic mass is 9.92. The lowest BCUT2D eigenvalue weighted by Crippen LogP contribution is -2.21. The van der Waals surface area contributed by atoms with Gasteiger partial charge in [0.1, 0.15) is 34.7 Å². The first kappa shape index (κ1) is 18.8. The number of phenols is 1. The maximum absolute atomic E-state index is 12.8. The lowest BCUT2D eigenvalue weighted by Gasteiger charge is -2.27. The van der Waals surface area contributed by atoms with Crippen molar-refractivity contribution in [3.05, 3.63) is 58.7 Å². The first-order valence-electron chi connectivity index (χ1n) is 8.84. The third-order valence-electron chi connectivity index (χ3n) is 4.67. The van der Waals surface area contributed by atoms with Crippen LogP contribution in [0.15, 0.2) is 42.0 Å². The average molecular weight is 368 g/mol. The first-order valence-corrected chi connectivity index (χ1v) is 8.84. The molecule has 2 aromatic rings. The van der Waals surface area contributed by atoms with Crippen molar-refractivity contribution in [2.24, 2.45) is 0 Å². The summed E-state index contributed by atoms with van der Waals surface area (Å²) in [5.74, 6) is 1.40. The number of phenolic OH excluding ortho intramolecular Hbond substituents is 1. The van der Waals surface area contributed by atoms with Gasteiger partial charge in [-0.1, -0.05) is 23.8 Å². The molecule has 1 atom stereocenters. The van der Waals surface area contributed by atoms with E-state index < -0.39 is 6.10 Å². The van der Waals surface area contributed by atoms with Gasteiger partial charge in [-0.2, -0.15) is 0 Å². The van der Waals surface area contributed by atoms with E-state index in [-0.39, 0.29) is 23.5 Å². The largest absolute Gasteiger partial charge is 0.507 e. The number of hydrogen-bond acceptors (Lipinski definition) is 5. The van der Waals surface area contributed by atoms with E-state index in [0.717, 1.165) is 16.9 Å². The molecule has 3 rings (SSSR count). The van der Waals surface area contributed by atoms with Crippen molar-refractivity contribution in [2.45, 2.75) is 32.8 Å². The Kier molecular flexibility index (Phi) is 5.40. The van der Waals surface area contributed by atoms with Crippen LogP contribution in [0.2, 0.25) is 0 Å². The van der Waals surface area contributed by atoms with Gasteiger partial charge in [0.15, 0.2) is 5.78 Å². The van der Waals surface area contributed by atoms with Gasteiger partial charge in [0.2, 0.25) is 0 Å². The number of allylic oxidation sites excluding steroid dienone is 2. The van der Waals surface area contributed by atoms with Gasteiger partial charge in [-0.25, -0.2) is 0 Å². The maximum atomic E-state index is 12.8. The minimum Gasteiger partial charge on any atom is -0.507 e. The number of Topliss-reactive ketones (excluding diaryl/α,β-unsaturated/α-hetero) is 1. The molecule has 0 fully saturated rings. The number of fused-ring (bicyclic) bond motifs is 1. The van der Waals surface area contributed by atoms with Crippen molar-refractivity contribution in [3.8, 4) is 23.0 Å². The normalized spacial score (nSPS) is 15.6. The highest BCUT2D eigenvalue weighted by Crippen LogP contribution is 2.45. The first-order chi connectivity index (χ1) is 12.9. The highest BCUT2D eigenvalue weighted by Gasteiger charge is 2.32. The molecule has 0 aliphatic carbocycles. The summed E-state index contributed by atoms with van der Waals surface area (Å²) in [4.78, 5) is 12.8. The zero-order valence-electron chi connectivity index (χ0n) is 16.0. The Hall–Kier alpha value is -2.95. The van der Waals surface area contributed by atoms with E-state index in [1.807, 2.05) is 44.2 Å². The Morgan fingerprint density at radius 2 is 1.93 bits per heavy atom. The summed E-state index contributed by atoms with van der Waals surface area (Å²) in [6.45, 7) is 3.96. The van der Waals surface area contributed by atoms with E-state index in [9.17, 15) is 9.90 Å². The summed E-state index contributed by atoms with van der Waals surface area (Å²) in [5.41, 5.74) is 2.83. The van der Waals surface area contributed by atoms with Gasteiger partial charge >= 0.3 is 0 Å². The van der Waals surface area contributed by atoms with Crippen LogP contribution in [0.1, 0.15) is 47.9 Å². The van der Waals surface area contributed by atoms with Crippen molar-refractivity contribution in [1.82, 2.24) is 0 Å². The maximum Gasteiger partial charge on any atom is 0.174 e. The molecular weight excluding hydrogens is 344 g/mol. The second-order valence-electron chi connectivity index (χ2n) is 6.77. The number of carbonyl (C=O) groups excluding carboxylic acids is 1. The molecule has 1 heterocycles. The van der Waals surface area contributed by atoms with Gasteiger partial charge < -0.3 is 19.3 Å². The molecule has 0 saturated carbocycles. The standard InChI is InChI=1S/C22H24O5/c1-13(2)5-10-16-19(26-4)12-20-21(22(16)24)17(23)11-18(27-20)14-6-8-15(25-3)9-7-14/h5-9,12,18,24H,10-11H2,1-4H3. The number of methoxy groups -OCH3 is 2. The fraction of sp³-hybridized carbons (Fsp3) is 0.318. The van der Waals surface area contributed by atoms with E-state index in [0.29, 0.717) is 23.5 Å². The number of carbonyl (C=O) groups is 1. The molecule has 0 bridgehead atoms. The molecule has 1 unspecified atom stereocenters. The van der Waals surface area contributed by atoms with Crippen LogP contribution < -0.4 is 14.2 Å². The van der Waals surface area contributed by atoms with Crippen LogP contribution in [0.5, 0.6) is 23.0 Å². The number of aromatic hydroxyl groups is 1. The average Bonchev–Trinajstić information content (AvgIpc) is 2.66. The van der Waals surface area contributed by atoms with E-state index in [4.69, 9.17) is 14.2 Å². The number of hydrogen-bond donors (Lipinski definition) is 1. The highest BCUT2D eigenvalue weighted by atomic mass is 16.5. The Morgan fingerprint density at radius 1 is 1.22 bits per heavy atom. The minimum absolute atomic E-state index is 0.0555. The summed E-state index contributed by atoms with van der Waals surface area (Å²) >= 11 is 0. The Labute approximate surface area is 159 Å². The monoisotopic (exact) mass is 368 g/mol. The Bertz CT molecular complexity index is 877. The molecule has 0 saturated heterocycles. The van der Waals surface area contributed by atoms with Crippen molar-refractivity contribution >= 4 is 5.78 Å². The number of rotatable bonds is 5. The molecule has 27 heavy (non-hydrogen) atoms. The lowest BCUT2D eigenvalue weighted by molar-refractivity contribution is 0.0844. The molecule has 1 aliphatic heterocycles. The SMILES string of the molecule is COc1ccc(C2CC(=O)c3c(cc(OC)c(CC=C(C)C)c3O)O2)cc1. The predicted octanol–water partition coefficient (Wildman–Crippen LogP) is 4.62. The molecule has 2 aromatic carbocycles. The fourth-order valence-corrected chi connectivity index (χ4v) is 3.18. The summed E-state index contributed by atoms with van der Waals surface area (Å²) in [7, 11) is 3.15. The van der Waals surface area contributed by atoms with Crippen LogP contribution in [-0.2, 0) is 6.42 Å². The molecule has 5 heteroatoms. The second-order valence-corrected chi connectivity index (χ2v) is 6.77. The van der Waals surface area contributed by atoms with Gasteiger partial charge in [0.05, 0.1) is 20.6 Å². The van der Waals surface area contributed by atoms with E-state index in [1.54, 1.807) is 20.3 Å². The van der Waals surface area contributed by atoms with Gasteiger partial charge in [-0.05, 0) is 38.0 Å². The van der Waals surface area contributed by atoms with Crippen molar-refractivity contribution in [1.29, 1.82) is 0 Å². The van der Waals surface area contributed by atoms with E-state index in [2.05, 4.69) is 0 Å². The second kappa shape index (κ2) is 7.74. The van der Waals surface area contributed by atoms with Crippen LogP contribution in [0.25, 0.3) is 0 Å². The number of ether oxygens (including phenoxy) is 3. The molecule has 1 aliphatic rings. The molecule has 0 aromatic heterocycles. The zero-order chi connectivity index (χ0) is 19.6. The molecular formula is C22H24O5. The summed E-state index contributed by atoms with van der Waals surface area (Å²) < 4.78 is 16.7. The molecule has 5 nitrogen and oxygen atoms in total. The number of benzene rings is 2. The van der Waals surface area contributed by atoms with Gasteiger partial charge in [-0.3, -0.25) is 4.79 Å². The zero-order valence-corrected chi connectivity index (χ0v) is 16.0. The summed E-state index contributed by atoms with van der Waals surface area (Å²) in [6.07, 6.45) is 2.22. The van der Waals surface area contributed by atoms with Gasteiger partial charge in [-0.15, -0.1) is 0 Å².